The van der Waals surface area contributed by atoms with Gasteiger partial charge in [-0.2, -0.15) is 0 Å². The number of benzene rings is 1. The second-order valence-corrected chi connectivity index (χ2v) is 20.7. The van der Waals surface area contributed by atoms with Crippen molar-refractivity contribution in [2.24, 2.45) is 11.8 Å². The first-order chi connectivity index (χ1) is 14.7. The van der Waals surface area contributed by atoms with Crippen LogP contribution >= 0.6 is 0 Å². The molecular formula is C28H44OSi2. The van der Waals surface area contributed by atoms with Crippen LogP contribution in [-0.4, -0.2) is 22.8 Å². The highest BCUT2D eigenvalue weighted by Gasteiger charge is 2.52. The molecule has 0 radical (unpaired) electrons. The van der Waals surface area contributed by atoms with E-state index >= 15 is 0 Å². The van der Waals surface area contributed by atoms with Gasteiger partial charge in [0.1, 0.15) is 12.4 Å². The van der Waals surface area contributed by atoms with Crippen LogP contribution in [0.5, 0.6) is 5.75 Å². The van der Waals surface area contributed by atoms with Crippen LogP contribution in [0.3, 0.4) is 0 Å². The largest absolute Gasteiger partial charge is 0.490 e. The summed E-state index contributed by atoms with van der Waals surface area (Å²) in [6.45, 7) is 21.6. The molecule has 0 aliphatic heterocycles. The van der Waals surface area contributed by atoms with Gasteiger partial charge in [0.15, 0.2) is 0 Å². The zero-order valence-corrected chi connectivity index (χ0v) is 23.1. The van der Waals surface area contributed by atoms with Crippen molar-refractivity contribution in [1.29, 1.82) is 0 Å². The summed E-state index contributed by atoms with van der Waals surface area (Å²) in [4.78, 5) is 0. The van der Waals surface area contributed by atoms with Gasteiger partial charge in [-0.15, -0.1) is 0 Å². The lowest BCUT2D eigenvalue weighted by atomic mass is 9.94. The van der Waals surface area contributed by atoms with Gasteiger partial charge in [0.05, 0.1) is 16.1 Å². The Morgan fingerprint density at radius 2 is 1.77 bits per heavy atom. The van der Waals surface area contributed by atoms with Crippen LogP contribution in [-0.2, 0) is 0 Å². The first kappa shape index (κ1) is 24.3. The lowest BCUT2D eigenvalue weighted by Crippen LogP contribution is -2.55. The van der Waals surface area contributed by atoms with Crippen LogP contribution in [0.4, 0.5) is 0 Å². The molecule has 0 bridgehead atoms. The molecular weight excluding hydrogens is 408 g/mol. The average Bonchev–Trinajstić information content (AvgIpc) is 3.13. The van der Waals surface area contributed by atoms with Gasteiger partial charge in [-0.25, -0.2) is 0 Å². The fourth-order valence-corrected chi connectivity index (χ4v) is 14.0. The van der Waals surface area contributed by atoms with E-state index in [9.17, 15) is 0 Å². The summed E-state index contributed by atoms with van der Waals surface area (Å²) in [6, 6.07) is 7.53. The zero-order valence-electron chi connectivity index (χ0n) is 21.1. The first-order valence-corrected chi connectivity index (χ1v) is 18.5. The summed E-state index contributed by atoms with van der Waals surface area (Å²) in [5.74, 6) is 2.82. The summed E-state index contributed by atoms with van der Waals surface area (Å²) >= 11 is 0. The van der Waals surface area contributed by atoms with Gasteiger partial charge in [0.25, 0.3) is 0 Å². The molecule has 0 N–H and O–H groups in total. The fourth-order valence-electron chi connectivity index (χ4n) is 6.47. The standard InChI is InChI=1S/C28H44OSi2/c1-9-17-29-27-25(30(6,7)8)18-21(5)19-26(27)31(11-3,12-4)28-22(10-2)20-23-15-13-14-16-24(23)28/h9,13-14,16,18-19,22-23,28H,1,10-12,15,17,20H2,2-8H3. The fraction of sp³-hybridized carbons (Fsp3) is 0.571. The molecule has 31 heavy (non-hydrogen) atoms. The maximum absolute atomic E-state index is 6.59. The van der Waals surface area contributed by atoms with E-state index in [-0.39, 0.29) is 0 Å². The van der Waals surface area contributed by atoms with Crippen molar-refractivity contribution in [3.05, 3.63) is 54.2 Å². The highest BCUT2D eigenvalue weighted by atomic mass is 28.3. The molecule has 2 aliphatic carbocycles. The third-order valence-corrected chi connectivity index (χ3v) is 16.0. The average molecular weight is 453 g/mol. The van der Waals surface area contributed by atoms with Crippen molar-refractivity contribution in [2.75, 3.05) is 6.61 Å². The number of rotatable bonds is 9. The Bertz CT molecular complexity index is 854. The Hall–Kier alpha value is -1.33. The van der Waals surface area contributed by atoms with Crippen molar-refractivity contribution >= 4 is 26.5 Å². The molecule has 1 aromatic rings. The highest BCUT2D eigenvalue weighted by Crippen LogP contribution is 2.56. The lowest BCUT2D eigenvalue weighted by molar-refractivity contribution is 0.368. The number of aryl methyl sites for hydroxylation is 1. The van der Waals surface area contributed by atoms with Gasteiger partial charge in [-0.05, 0) is 47.5 Å². The minimum atomic E-state index is -1.85. The van der Waals surface area contributed by atoms with E-state index in [4.69, 9.17) is 4.74 Å². The second kappa shape index (κ2) is 9.66. The third-order valence-electron chi connectivity index (χ3n) is 8.04. The van der Waals surface area contributed by atoms with E-state index in [0.717, 1.165) is 17.4 Å². The number of fused-ring (bicyclic) bond motifs is 1. The molecule has 0 aromatic heterocycles. The van der Waals surface area contributed by atoms with E-state index in [1.807, 2.05) is 6.08 Å². The van der Waals surface area contributed by atoms with Crippen molar-refractivity contribution in [2.45, 2.75) is 84.2 Å². The van der Waals surface area contributed by atoms with Crippen LogP contribution < -0.4 is 15.1 Å². The normalized spacial score (nSPS) is 23.5. The zero-order chi connectivity index (χ0) is 22.8. The van der Waals surface area contributed by atoms with E-state index in [2.05, 4.69) is 84.3 Å². The SMILES string of the molecule is C=CCOc1c([Si](C)(C)C)cc(C)cc1[Si](CC)(CC)C1C2=CC=CCC2CC1CC. The van der Waals surface area contributed by atoms with Crippen molar-refractivity contribution in [3.63, 3.8) is 0 Å². The molecule has 3 rings (SSSR count). The van der Waals surface area contributed by atoms with Crippen LogP contribution in [0.15, 0.2) is 48.6 Å². The maximum Gasteiger partial charge on any atom is 0.118 e. The Balaban J connectivity index is 2.29. The molecule has 3 unspecified atom stereocenters. The van der Waals surface area contributed by atoms with Crippen LogP contribution in [0.2, 0.25) is 37.3 Å². The molecule has 1 nitrogen and oxygen atoms in total. The number of allylic oxidation sites excluding steroid dienone is 4. The topological polar surface area (TPSA) is 9.23 Å². The number of hydrogen-bond acceptors (Lipinski definition) is 1. The molecule has 3 heteroatoms. The Morgan fingerprint density at radius 1 is 1.10 bits per heavy atom. The van der Waals surface area contributed by atoms with E-state index in [1.54, 1.807) is 10.8 Å². The molecule has 0 amide bonds. The van der Waals surface area contributed by atoms with Gasteiger partial charge < -0.3 is 4.74 Å². The third kappa shape index (κ3) is 4.45. The van der Waals surface area contributed by atoms with Crippen LogP contribution in [0.25, 0.3) is 0 Å². The predicted molar refractivity (Wildman–Crippen MR) is 144 cm³/mol. The van der Waals surface area contributed by atoms with Gasteiger partial charge >= 0.3 is 0 Å². The molecule has 1 aromatic carbocycles. The monoisotopic (exact) mass is 452 g/mol. The Kier molecular flexibility index (Phi) is 7.58. The van der Waals surface area contributed by atoms with Crippen molar-refractivity contribution < 1.29 is 4.74 Å². The van der Waals surface area contributed by atoms with Gasteiger partial charge in [-0.1, -0.05) is 113 Å². The highest BCUT2D eigenvalue weighted by molar-refractivity contribution is 6.96. The minimum absolute atomic E-state index is 0.599. The van der Waals surface area contributed by atoms with Gasteiger partial charge in [-0.3, -0.25) is 0 Å². The molecule has 0 saturated heterocycles. The lowest BCUT2D eigenvalue weighted by Gasteiger charge is -2.42. The van der Waals surface area contributed by atoms with E-state index < -0.39 is 16.1 Å². The van der Waals surface area contributed by atoms with Gasteiger partial charge in [0.2, 0.25) is 0 Å². The molecule has 3 atom stereocenters. The van der Waals surface area contributed by atoms with Crippen LogP contribution in [0.1, 0.15) is 45.6 Å². The summed E-state index contributed by atoms with van der Waals surface area (Å²) in [5, 5.41) is 3.11. The second-order valence-electron chi connectivity index (χ2n) is 10.8. The quantitative estimate of drug-likeness (QED) is 0.287. The molecule has 0 spiro atoms. The number of hydrogen-bond donors (Lipinski definition) is 0. The number of ether oxygens (including phenoxy) is 1. The minimum Gasteiger partial charge on any atom is -0.490 e. The molecule has 170 valence electrons. The molecule has 1 fully saturated rings. The molecule has 0 heterocycles. The van der Waals surface area contributed by atoms with E-state index in [0.29, 0.717) is 6.61 Å². The van der Waals surface area contributed by atoms with Crippen molar-refractivity contribution in [3.8, 4) is 5.75 Å². The smallest absolute Gasteiger partial charge is 0.118 e. The van der Waals surface area contributed by atoms with Crippen molar-refractivity contribution in [1.82, 2.24) is 0 Å². The Morgan fingerprint density at radius 3 is 2.35 bits per heavy atom. The summed E-state index contributed by atoms with van der Waals surface area (Å²) in [6.07, 6.45) is 13.0. The first-order valence-electron chi connectivity index (χ1n) is 12.5. The molecule has 1 saturated carbocycles. The summed E-state index contributed by atoms with van der Waals surface area (Å²) < 4.78 is 6.59. The van der Waals surface area contributed by atoms with E-state index in [1.165, 1.54) is 47.9 Å². The summed E-state index contributed by atoms with van der Waals surface area (Å²) in [7, 11) is -3.41. The summed E-state index contributed by atoms with van der Waals surface area (Å²) in [5.41, 5.74) is 3.93. The Labute approximate surface area is 193 Å². The maximum atomic E-state index is 6.59. The van der Waals surface area contributed by atoms with Crippen LogP contribution in [0, 0.1) is 18.8 Å². The van der Waals surface area contributed by atoms with Gasteiger partial charge in [0, 0.05) is 0 Å². The molecule has 2 aliphatic rings. The predicted octanol–water partition coefficient (Wildman–Crippen LogP) is 7.10.